The van der Waals surface area contributed by atoms with Gasteiger partial charge in [-0.05, 0) is 39.0 Å². The fraction of sp³-hybridized carbons (Fsp3) is 1.00. The molecule has 0 amide bonds. The first-order valence-electron chi connectivity index (χ1n) is 14.9. The highest BCUT2D eigenvalue weighted by Gasteiger charge is 2.54. The summed E-state index contributed by atoms with van der Waals surface area (Å²) < 4.78 is 18.9. The van der Waals surface area contributed by atoms with E-state index >= 15 is 0 Å². The summed E-state index contributed by atoms with van der Waals surface area (Å²) in [5.74, 6) is 0. The standard InChI is InChI=1S/C29H61BrO3Si/c1-7-11-12-13-14-15-16-17-18-19-20-21-22-23-24-26-29(5,6)28(25-27-30)34(31-8-2,32-9-3)33-10-4/h28H,7-27H2,1-6H3. The van der Waals surface area contributed by atoms with Crippen LogP contribution in [0.5, 0.6) is 0 Å². The number of alkyl halides is 1. The summed E-state index contributed by atoms with van der Waals surface area (Å²) >= 11 is 3.69. The lowest BCUT2D eigenvalue weighted by molar-refractivity contribution is 0.0416. The minimum absolute atomic E-state index is 0.149. The zero-order chi connectivity index (χ0) is 25.5. The van der Waals surface area contributed by atoms with Gasteiger partial charge in [-0.2, -0.15) is 0 Å². The first-order chi connectivity index (χ1) is 16.4. The molecule has 0 radical (unpaired) electrons. The van der Waals surface area contributed by atoms with Crippen molar-refractivity contribution in [3.8, 4) is 0 Å². The monoisotopic (exact) mass is 564 g/mol. The second-order valence-electron chi connectivity index (χ2n) is 10.6. The molecule has 206 valence electrons. The molecule has 1 atom stereocenters. The fourth-order valence-corrected chi connectivity index (χ4v) is 9.85. The number of rotatable bonds is 26. The van der Waals surface area contributed by atoms with E-state index in [0.717, 1.165) is 11.8 Å². The summed E-state index contributed by atoms with van der Waals surface area (Å²) in [6.07, 6.45) is 23.4. The van der Waals surface area contributed by atoms with Gasteiger partial charge in [0.1, 0.15) is 0 Å². The molecule has 0 rings (SSSR count). The van der Waals surface area contributed by atoms with Gasteiger partial charge in [-0.3, -0.25) is 0 Å². The Morgan fingerprint density at radius 2 is 0.941 bits per heavy atom. The van der Waals surface area contributed by atoms with Crippen molar-refractivity contribution in [2.75, 3.05) is 25.2 Å². The smallest absolute Gasteiger partial charge is 0.374 e. The van der Waals surface area contributed by atoms with E-state index in [2.05, 4.69) is 57.5 Å². The van der Waals surface area contributed by atoms with Crippen molar-refractivity contribution in [2.24, 2.45) is 5.41 Å². The Bertz CT molecular complexity index is 417. The van der Waals surface area contributed by atoms with E-state index in [9.17, 15) is 0 Å². The van der Waals surface area contributed by atoms with E-state index in [1.807, 2.05) is 0 Å². The Balaban J connectivity index is 4.21. The highest BCUT2D eigenvalue weighted by Crippen LogP contribution is 2.47. The first-order valence-corrected chi connectivity index (χ1v) is 17.8. The highest BCUT2D eigenvalue weighted by molar-refractivity contribution is 9.09. The lowest BCUT2D eigenvalue weighted by atomic mass is 9.82. The second-order valence-corrected chi connectivity index (χ2v) is 14.2. The zero-order valence-electron chi connectivity index (χ0n) is 24.0. The molecule has 0 spiro atoms. The molecule has 0 fully saturated rings. The third-order valence-electron chi connectivity index (χ3n) is 7.23. The summed E-state index contributed by atoms with van der Waals surface area (Å²) in [6.45, 7) is 15.3. The molecular weight excluding hydrogens is 504 g/mol. The van der Waals surface area contributed by atoms with Gasteiger partial charge in [-0.25, -0.2) is 0 Å². The molecular formula is C29H61BrO3Si. The van der Waals surface area contributed by atoms with E-state index in [-0.39, 0.29) is 5.41 Å². The van der Waals surface area contributed by atoms with Gasteiger partial charge in [0.05, 0.1) is 0 Å². The Morgan fingerprint density at radius 1 is 0.588 bits per heavy atom. The van der Waals surface area contributed by atoms with Crippen LogP contribution in [0.3, 0.4) is 0 Å². The first kappa shape index (κ1) is 34.6. The SMILES string of the molecule is CCCCCCCCCCCCCCCCCC(C)(C)C(CCBr)[Si](OCC)(OCC)OCC. The molecule has 3 nitrogen and oxygen atoms in total. The molecule has 0 bridgehead atoms. The minimum atomic E-state index is -2.72. The van der Waals surface area contributed by atoms with E-state index in [4.69, 9.17) is 13.3 Å². The van der Waals surface area contributed by atoms with Crippen LogP contribution in [0.25, 0.3) is 0 Å². The van der Waals surface area contributed by atoms with Crippen molar-refractivity contribution in [1.29, 1.82) is 0 Å². The Morgan fingerprint density at radius 3 is 1.26 bits per heavy atom. The quantitative estimate of drug-likeness (QED) is 0.0593. The van der Waals surface area contributed by atoms with Crippen molar-refractivity contribution in [1.82, 2.24) is 0 Å². The van der Waals surface area contributed by atoms with Crippen molar-refractivity contribution < 1.29 is 13.3 Å². The highest BCUT2D eigenvalue weighted by atomic mass is 79.9. The number of hydrogen-bond donors (Lipinski definition) is 0. The average molecular weight is 566 g/mol. The van der Waals surface area contributed by atoms with Gasteiger partial charge in [0, 0.05) is 30.7 Å². The third kappa shape index (κ3) is 15.6. The van der Waals surface area contributed by atoms with Crippen molar-refractivity contribution in [2.45, 2.75) is 156 Å². The van der Waals surface area contributed by atoms with Crippen LogP contribution in [0.1, 0.15) is 151 Å². The summed E-state index contributed by atoms with van der Waals surface area (Å²) in [6, 6.07) is 0. The van der Waals surface area contributed by atoms with Gasteiger partial charge < -0.3 is 13.3 Å². The van der Waals surface area contributed by atoms with Crippen LogP contribution in [-0.2, 0) is 13.3 Å². The third-order valence-corrected chi connectivity index (χ3v) is 11.7. The van der Waals surface area contributed by atoms with Crippen molar-refractivity contribution in [3.63, 3.8) is 0 Å². The summed E-state index contributed by atoms with van der Waals surface area (Å²) in [7, 11) is -2.72. The molecule has 0 aliphatic heterocycles. The minimum Gasteiger partial charge on any atom is -0.374 e. The van der Waals surface area contributed by atoms with Crippen molar-refractivity contribution in [3.05, 3.63) is 0 Å². The van der Waals surface area contributed by atoms with Crippen LogP contribution < -0.4 is 0 Å². The molecule has 0 aliphatic carbocycles. The van der Waals surface area contributed by atoms with Gasteiger partial charge >= 0.3 is 8.80 Å². The molecule has 0 N–H and O–H groups in total. The number of hydrogen-bond acceptors (Lipinski definition) is 3. The van der Waals surface area contributed by atoms with E-state index in [1.165, 1.54) is 103 Å². The van der Waals surface area contributed by atoms with E-state index < -0.39 is 8.80 Å². The van der Waals surface area contributed by atoms with Gasteiger partial charge in [0.2, 0.25) is 0 Å². The normalized spacial score (nSPS) is 13.5. The van der Waals surface area contributed by atoms with Gasteiger partial charge in [-0.15, -0.1) is 0 Å². The van der Waals surface area contributed by atoms with Gasteiger partial charge in [-0.1, -0.05) is 133 Å². The van der Waals surface area contributed by atoms with Crippen LogP contribution in [0, 0.1) is 5.41 Å². The zero-order valence-corrected chi connectivity index (χ0v) is 26.6. The number of halogens is 1. The fourth-order valence-electron chi connectivity index (χ4n) is 5.31. The molecule has 0 heterocycles. The molecule has 0 aromatic carbocycles. The molecule has 0 aliphatic rings. The topological polar surface area (TPSA) is 27.7 Å². The summed E-state index contributed by atoms with van der Waals surface area (Å²) in [5.41, 5.74) is 0.474. The van der Waals surface area contributed by atoms with Crippen LogP contribution in [-0.4, -0.2) is 34.0 Å². The predicted molar refractivity (Wildman–Crippen MR) is 156 cm³/mol. The molecule has 34 heavy (non-hydrogen) atoms. The predicted octanol–water partition coefficient (Wildman–Crippen LogP) is 10.5. The molecule has 0 aromatic heterocycles. The van der Waals surface area contributed by atoms with Crippen LogP contribution in [0.2, 0.25) is 5.54 Å². The van der Waals surface area contributed by atoms with Gasteiger partial charge in [0.25, 0.3) is 0 Å². The molecule has 0 aromatic rings. The van der Waals surface area contributed by atoms with E-state index in [0.29, 0.717) is 25.4 Å². The van der Waals surface area contributed by atoms with Gasteiger partial charge in [0.15, 0.2) is 0 Å². The maximum absolute atomic E-state index is 6.31. The van der Waals surface area contributed by atoms with Crippen molar-refractivity contribution >= 4 is 24.7 Å². The summed E-state index contributed by atoms with van der Waals surface area (Å²) in [4.78, 5) is 0. The molecule has 0 saturated heterocycles. The lowest BCUT2D eigenvalue weighted by Gasteiger charge is -2.43. The Kier molecular flexibility index (Phi) is 23.1. The van der Waals surface area contributed by atoms with Crippen LogP contribution in [0.4, 0.5) is 0 Å². The average Bonchev–Trinajstić information content (AvgIpc) is 2.80. The molecule has 5 heteroatoms. The number of unbranched alkanes of at least 4 members (excludes halogenated alkanes) is 14. The maximum atomic E-state index is 6.31. The Labute approximate surface area is 224 Å². The maximum Gasteiger partial charge on any atom is 0.504 e. The molecule has 1 unspecified atom stereocenters. The largest absolute Gasteiger partial charge is 0.504 e. The van der Waals surface area contributed by atoms with Crippen LogP contribution in [0.15, 0.2) is 0 Å². The Hall–Kier alpha value is 0.577. The second kappa shape index (κ2) is 22.7. The summed E-state index contributed by atoms with van der Waals surface area (Å²) in [5, 5.41) is 0.960. The van der Waals surface area contributed by atoms with E-state index in [1.54, 1.807) is 0 Å². The molecule has 0 saturated carbocycles. The lowest BCUT2D eigenvalue weighted by Crippen LogP contribution is -2.54. The van der Waals surface area contributed by atoms with Crippen LogP contribution >= 0.6 is 15.9 Å².